The molecule has 0 aliphatic heterocycles. The van der Waals surface area contributed by atoms with Crippen molar-refractivity contribution in [1.29, 1.82) is 0 Å². The molecule has 9 heteroatoms. The summed E-state index contributed by atoms with van der Waals surface area (Å²) in [5.41, 5.74) is 4.30. The fourth-order valence-electron chi connectivity index (χ4n) is 9.20. The van der Waals surface area contributed by atoms with E-state index in [1.54, 1.807) is 24.3 Å². The van der Waals surface area contributed by atoms with E-state index >= 15 is 0 Å². The zero-order valence-corrected chi connectivity index (χ0v) is 47.4. The number of aryl methyl sites for hydroxylation is 4. The van der Waals surface area contributed by atoms with Gasteiger partial charge in [0.2, 0.25) is 0 Å². The molecule has 0 spiro atoms. The molecule has 65 heavy (non-hydrogen) atoms. The van der Waals surface area contributed by atoms with Crippen molar-refractivity contribution < 1.29 is 25.9 Å². The van der Waals surface area contributed by atoms with Crippen LogP contribution in [0.4, 0.5) is 0 Å². The summed E-state index contributed by atoms with van der Waals surface area (Å²) in [5.74, 6) is 0. The normalized spacial score (nSPS) is 11.8. The van der Waals surface area contributed by atoms with Gasteiger partial charge >= 0.3 is 48.9 Å². The van der Waals surface area contributed by atoms with E-state index in [1.807, 2.05) is 12.1 Å². The van der Waals surface area contributed by atoms with Crippen molar-refractivity contribution in [3.63, 3.8) is 0 Å². The topological polar surface area (TPSA) is 114 Å². The van der Waals surface area contributed by atoms with Crippen LogP contribution in [0.5, 0.6) is 0 Å². The van der Waals surface area contributed by atoms with Gasteiger partial charge in [-0.1, -0.05) is 230 Å². The molecule has 4 aromatic rings. The minimum Gasteiger partial charge on any atom is -0.744 e. The van der Waals surface area contributed by atoms with Crippen molar-refractivity contribution in [2.45, 2.75) is 243 Å². The average molecular weight is 1060 g/mol. The van der Waals surface area contributed by atoms with Crippen LogP contribution in [0.15, 0.2) is 70.5 Å². The molecule has 0 aliphatic carbocycles. The molecule has 0 N–H and O–H groups in total. The first kappa shape index (κ1) is 59.9. The Morgan fingerprint density at radius 2 is 0.600 bits per heavy atom. The van der Waals surface area contributed by atoms with Gasteiger partial charge in [-0.2, -0.15) is 0 Å². The van der Waals surface area contributed by atoms with E-state index in [4.69, 9.17) is 0 Å². The molecule has 0 saturated carbocycles. The summed E-state index contributed by atoms with van der Waals surface area (Å²) in [6.45, 7) is 8.92. The van der Waals surface area contributed by atoms with Gasteiger partial charge in [-0.3, -0.25) is 0 Å². The molecular weight excluding hydrogens is 970 g/mol. The number of rotatable bonds is 34. The summed E-state index contributed by atoms with van der Waals surface area (Å²) >= 11 is 0. The summed E-state index contributed by atoms with van der Waals surface area (Å²) in [5, 5.41) is 3.08. The maximum atomic E-state index is 12.0. The molecule has 4 aromatic carbocycles. The van der Waals surface area contributed by atoms with Crippen LogP contribution in [0, 0.1) is 0 Å². The van der Waals surface area contributed by atoms with Crippen molar-refractivity contribution in [2.24, 2.45) is 0 Å². The molecule has 4 rings (SSSR count). The van der Waals surface area contributed by atoms with Crippen LogP contribution < -0.4 is 0 Å². The van der Waals surface area contributed by atoms with E-state index in [0.717, 1.165) is 86.1 Å². The third-order valence-electron chi connectivity index (χ3n) is 13.0. The van der Waals surface area contributed by atoms with Crippen molar-refractivity contribution in [3.05, 3.63) is 82.9 Å². The largest absolute Gasteiger partial charge is 2.00 e. The number of hydrogen-bond acceptors (Lipinski definition) is 6. The third-order valence-corrected chi connectivity index (χ3v) is 14.7. The minimum absolute atomic E-state index is 0. The third kappa shape index (κ3) is 23.8. The summed E-state index contributed by atoms with van der Waals surface area (Å²) in [4.78, 5) is -0.0938. The smallest absolute Gasteiger partial charge is 0.744 e. The molecule has 0 atom stereocenters. The quantitative estimate of drug-likeness (QED) is 0.0261. The first-order valence-electron chi connectivity index (χ1n) is 25.9. The summed E-state index contributed by atoms with van der Waals surface area (Å²) in [6, 6.07) is 19.1. The predicted octanol–water partition coefficient (Wildman–Crippen LogP) is 16.3. The first-order chi connectivity index (χ1) is 30.9. The number of unbranched alkanes of at least 4 members (excludes halogenated alkanes) is 24. The van der Waals surface area contributed by atoms with Gasteiger partial charge in [0, 0.05) is 0 Å². The molecule has 0 heterocycles. The average Bonchev–Trinajstić information content (AvgIpc) is 3.27. The van der Waals surface area contributed by atoms with Crippen molar-refractivity contribution >= 4 is 90.7 Å². The van der Waals surface area contributed by atoms with E-state index in [1.165, 1.54) is 152 Å². The van der Waals surface area contributed by atoms with E-state index in [0.29, 0.717) is 10.8 Å². The summed E-state index contributed by atoms with van der Waals surface area (Å²) < 4.78 is 72.1. The van der Waals surface area contributed by atoms with E-state index in [2.05, 4.69) is 52.0 Å². The van der Waals surface area contributed by atoms with Crippen LogP contribution in [-0.4, -0.2) is 74.8 Å². The minimum atomic E-state index is -4.50. The molecule has 0 aliphatic rings. The standard InChI is InChI=1S/2C28H44O3S.Ba/c2*1-3-5-7-9-11-13-15-18-24-22-27-25(19-16-14-12-10-8-6-4-2)20-17-21-26(27)28(23-24)32(29,30)31;/h2*17,20-23H,3-16,18-19H2,1-2H3,(H,29,30,31);/q;;+2/p-2. The Bertz CT molecular complexity index is 1960. The van der Waals surface area contributed by atoms with Gasteiger partial charge in [-0.15, -0.1) is 0 Å². The van der Waals surface area contributed by atoms with E-state index in [9.17, 15) is 25.9 Å². The second kappa shape index (κ2) is 35.0. The molecule has 0 radical (unpaired) electrons. The van der Waals surface area contributed by atoms with Crippen LogP contribution in [0.25, 0.3) is 21.5 Å². The number of hydrogen-bond donors (Lipinski definition) is 0. The van der Waals surface area contributed by atoms with Crippen LogP contribution in [0.1, 0.15) is 230 Å². The summed E-state index contributed by atoms with van der Waals surface area (Å²) in [7, 11) is -9.00. The predicted molar refractivity (Wildman–Crippen MR) is 276 cm³/mol. The number of benzene rings is 4. The second-order valence-corrected chi connectivity index (χ2v) is 21.3. The van der Waals surface area contributed by atoms with Crippen LogP contribution in [0.2, 0.25) is 0 Å². The Morgan fingerprint density at radius 3 is 0.877 bits per heavy atom. The molecule has 0 saturated heterocycles. The van der Waals surface area contributed by atoms with Gasteiger partial charge in [-0.25, -0.2) is 16.8 Å². The summed E-state index contributed by atoms with van der Waals surface area (Å²) in [6.07, 6.45) is 38.1. The zero-order chi connectivity index (χ0) is 46.5. The van der Waals surface area contributed by atoms with Crippen molar-refractivity contribution in [3.8, 4) is 0 Å². The molecular formula is C56H86BaO6S2. The fourth-order valence-corrected chi connectivity index (χ4v) is 10.7. The van der Waals surface area contributed by atoms with E-state index < -0.39 is 20.2 Å². The molecule has 360 valence electrons. The van der Waals surface area contributed by atoms with Gasteiger partial charge in [-0.05, 0) is 107 Å². The van der Waals surface area contributed by atoms with Gasteiger partial charge in [0.25, 0.3) is 0 Å². The van der Waals surface area contributed by atoms with Gasteiger partial charge in [0.1, 0.15) is 20.2 Å². The number of fused-ring (bicyclic) bond motifs is 2. The van der Waals surface area contributed by atoms with Crippen LogP contribution in [-0.2, 0) is 45.9 Å². The Kier molecular flexibility index (Phi) is 32.2. The Morgan fingerprint density at radius 1 is 0.338 bits per heavy atom. The monoisotopic (exact) mass is 1060 g/mol. The Labute approximate surface area is 438 Å². The van der Waals surface area contributed by atoms with Crippen LogP contribution in [0.3, 0.4) is 0 Å². The first-order valence-corrected chi connectivity index (χ1v) is 28.8. The molecule has 0 fully saturated rings. The molecule has 0 aromatic heterocycles. The fraction of sp³-hybridized carbons (Fsp3) is 0.643. The van der Waals surface area contributed by atoms with Gasteiger partial charge < -0.3 is 9.11 Å². The van der Waals surface area contributed by atoms with E-state index in [-0.39, 0.29) is 58.7 Å². The maximum absolute atomic E-state index is 12.0. The zero-order valence-electron chi connectivity index (χ0n) is 41.4. The molecule has 0 amide bonds. The maximum Gasteiger partial charge on any atom is 2.00 e. The van der Waals surface area contributed by atoms with Crippen molar-refractivity contribution in [1.82, 2.24) is 0 Å². The second-order valence-electron chi connectivity index (χ2n) is 18.6. The Balaban J connectivity index is 0.000000440. The van der Waals surface area contributed by atoms with Gasteiger partial charge in [0.15, 0.2) is 0 Å². The molecule has 6 nitrogen and oxygen atoms in total. The molecule has 0 bridgehead atoms. The van der Waals surface area contributed by atoms with Crippen molar-refractivity contribution in [2.75, 3.05) is 0 Å². The SMILES string of the molecule is CCCCCCCCCc1cc(S(=O)(=O)[O-])c2cccc(CCCCCCCCC)c2c1.CCCCCCCCCc1cc(S(=O)(=O)[O-])c2cccc(CCCCCCCCC)c2c1.[Ba+2]. The van der Waals surface area contributed by atoms with Crippen LogP contribution >= 0.6 is 0 Å². The van der Waals surface area contributed by atoms with Gasteiger partial charge in [0.05, 0.1) is 9.79 Å². The Hall–Kier alpha value is -1.21. The molecule has 0 unspecified atom stereocenters.